The summed E-state index contributed by atoms with van der Waals surface area (Å²) in [4.78, 5) is 0. The van der Waals surface area contributed by atoms with Gasteiger partial charge < -0.3 is 229 Å². The van der Waals surface area contributed by atoms with Gasteiger partial charge in [-0.1, -0.05) is 0 Å². The molecule has 45 atom stereocenters. The maximum absolute atomic E-state index is 11.9. The van der Waals surface area contributed by atoms with Gasteiger partial charge in [0.25, 0.3) is 0 Å². The van der Waals surface area contributed by atoms with Crippen LogP contribution in [-0.4, -0.2) is 484 Å². The highest BCUT2D eigenvalue weighted by Gasteiger charge is 2.58. The average molecular weight is 1480 g/mol. The molecule has 9 fully saturated rings. The van der Waals surface area contributed by atoms with E-state index in [-0.39, 0.29) is 0 Å². The molecule has 9 aliphatic rings. The summed E-state index contributed by atoms with van der Waals surface area (Å²) >= 11 is 0. The molecule has 0 unspecified atom stereocenters. The van der Waals surface area contributed by atoms with Crippen molar-refractivity contribution in [1.29, 1.82) is 0 Å². The van der Waals surface area contributed by atoms with Gasteiger partial charge in [0.05, 0.1) is 59.5 Å². The zero-order valence-electron chi connectivity index (χ0n) is 52.3. The van der Waals surface area contributed by atoms with E-state index in [0.717, 1.165) is 0 Å². The smallest absolute Gasteiger partial charge is 0.187 e. The predicted molar refractivity (Wildman–Crippen MR) is 297 cm³/mol. The number of aliphatic hydroxyl groups excluding tert-OH is 29. The van der Waals surface area contributed by atoms with Crippen LogP contribution < -0.4 is 0 Å². The van der Waals surface area contributed by atoms with Crippen LogP contribution >= 0.6 is 0 Å². The van der Waals surface area contributed by atoms with Gasteiger partial charge in [-0.2, -0.15) is 0 Å². The Balaban J connectivity index is 0.948. The molecule has 0 aromatic carbocycles. The first-order chi connectivity index (χ1) is 47.2. The van der Waals surface area contributed by atoms with Gasteiger partial charge >= 0.3 is 0 Å². The minimum Gasteiger partial charge on any atom is -0.394 e. The molecule has 29 N–H and O–H groups in total. The fourth-order valence-corrected chi connectivity index (χ4v) is 12.3. The molecule has 0 aromatic heterocycles. The largest absolute Gasteiger partial charge is 0.394 e. The molecule has 9 rings (SSSR count). The number of aliphatic hydroxyl groups is 29. The molecule has 0 saturated carbocycles. The summed E-state index contributed by atoms with van der Waals surface area (Å²) < 4.78 is 95.9. The summed E-state index contributed by atoms with van der Waals surface area (Å²) in [5.74, 6) is 0. The molecule has 9 aliphatic heterocycles. The molecule has 0 spiro atoms. The van der Waals surface area contributed by atoms with Gasteiger partial charge in [-0.3, -0.25) is 0 Å². The van der Waals surface area contributed by atoms with Crippen molar-refractivity contribution in [3.63, 3.8) is 0 Å². The highest BCUT2D eigenvalue weighted by atomic mass is 16.8. The molecule has 100 heavy (non-hydrogen) atoms. The topological polar surface area (TPSA) is 744 Å². The van der Waals surface area contributed by atoms with Crippen LogP contribution in [0.5, 0.6) is 0 Å². The molecule has 9 heterocycles. The van der Waals surface area contributed by atoms with Crippen LogP contribution in [0.3, 0.4) is 0 Å². The van der Waals surface area contributed by atoms with Gasteiger partial charge in [-0.15, -0.1) is 0 Å². The molecular formula is C54H92O46. The van der Waals surface area contributed by atoms with E-state index in [4.69, 9.17) is 80.5 Å². The van der Waals surface area contributed by atoms with Gasteiger partial charge in [-0.25, -0.2) is 0 Å². The molecule has 46 nitrogen and oxygen atoms in total. The Morgan fingerprint density at radius 2 is 0.350 bits per heavy atom. The van der Waals surface area contributed by atoms with Crippen LogP contribution in [-0.2, 0) is 80.5 Å². The average Bonchev–Trinajstić information content (AvgIpc) is 0.785. The maximum Gasteiger partial charge on any atom is 0.187 e. The lowest BCUT2D eigenvalue weighted by Gasteiger charge is -2.48. The maximum atomic E-state index is 11.9. The van der Waals surface area contributed by atoms with Crippen molar-refractivity contribution in [1.82, 2.24) is 0 Å². The second-order valence-corrected chi connectivity index (χ2v) is 25.4. The Morgan fingerprint density at radius 3 is 0.610 bits per heavy atom. The van der Waals surface area contributed by atoms with Gasteiger partial charge in [-0.05, 0) is 0 Å². The van der Waals surface area contributed by atoms with E-state index < -0.39 is 336 Å². The highest BCUT2D eigenvalue weighted by molar-refractivity contribution is 5.00. The molecule has 584 valence electrons. The van der Waals surface area contributed by atoms with E-state index in [2.05, 4.69) is 0 Å². The zero-order valence-corrected chi connectivity index (χ0v) is 52.3. The highest BCUT2D eigenvalue weighted by Crippen LogP contribution is 2.37. The lowest BCUT2D eigenvalue weighted by Crippen LogP contribution is -2.66. The van der Waals surface area contributed by atoms with Crippen molar-refractivity contribution in [2.45, 2.75) is 276 Å². The molecule has 0 bridgehead atoms. The first-order valence-corrected chi connectivity index (χ1v) is 31.7. The van der Waals surface area contributed by atoms with E-state index in [1.54, 1.807) is 0 Å². The SMILES string of the molecule is OC[C@H]1O[C@H](OC[C@H]2O[C@H](OC[C@H]3O[C@H](OC[C@H]4O[C@H](OC[C@H]5O[C@H](O)[C@@H](O)[C@@H](O)[C@@H]5O)[C@@H](O[C@H]5O[C@H](CO[C@H]6O[C@H](CO)[C@@H](O)[C@H](O)[C@@H]6O)[C@@H](O)[C@H](O)[C@@H]5O)[C@@H](O)[C@@H]4O)[C@@H](O[C@H]4O[C@H](CO[C@H]5O[C@H](CO)[C@@H](O)[C@H](O)[C@@H]5O)[C@@H](O)[C@H](O)[C@@H]4O)[C@@H](O)[C@@H]3O)[C@@H](O)[C@@H](O)[C@@H]2O)[C@@H](O)[C@@H](O)[C@@H]1O. The normalized spacial score (nSPS) is 53.7. The molecule has 0 radical (unpaired) electrons. The van der Waals surface area contributed by atoms with Gasteiger partial charge in [0.2, 0.25) is 0 Å². The summed E-state index contributed by atoms with van der Waals surface area (Å²) in [7, 11) is 0. The van der Waals surface area contributed by atoms with Crippen LogP contribution in [0.25, 0.3) is 0 Å². The number of hydrogen-bond donors (Lipinski definition) is 29. The molecule has 0 amide bonds. The van der Waals surface area contributed by atoms with E-state index >= 15 is 0 Å². The van der Waals surface area contributed by atoms with Crippen LogP contribution in [0.1, 0.15) is 0 Å². The Labute approximate surface area is 563 Å². The third-order valence-electron chi connectivity index (χ3n) is 18.7. The van der Waals surface area contributed by atoms with E-state index in [0.29, 0.717) is 0 Å². The monoisotopic (exact) mass is 1480 g/mol. The van der Waals surface area contributed by atoms with Gasteiger partial charge in [0, 0.05) is 0 Å². The Hall–Kier alpha value is -1.84. The summed E-state index contributed by atoms with van der Waals surface area (Å²) in [6.07, 6.45) is -90.9. The fourth-order valence-electron chi connectivity index (χ4n) is 12.3. The van der Waals surface area contributed by atoms with Crippen LogP contribution in [0, 0.1) is 0 Å². The first kappa shape index (κ1) is 82.2. The van der Waals surface area contributed by atoms with Crippen molar-refractivity contribution in [3.8, 4) is 0 Å². The fraction of sp³-hybridized carbons (Fsp3) is 1.00. The van der Waals surface area contributed by atoms with Crippen LogP contribution in [0.4, 0.5) is 0 Å². The van der Waals surface area contributed by atoms with Crippen molar-refractivity contribution < 1.29 is 229 Å². The lowest BCUT2D eigenvalue weighted by molar-refractivity contribution is -0.388. The number of rotatable bonds is 25. The minimum atomic E-state index is -2.39. The number of ether oxygens (including phenoxy) is 17. The third kappa shape index (κ3) is 17.6. The number of hydrogen-bond acceptors (Lipinski definition) is 46. The molecule has 0 aliphatic carbocycles. The van der Waals surface area contributed by atoms with Gasteiger partial charge in [0.1, 0.15) is 220 Å². The summed E-state index contributed by atoms with van der Waals surface area (Å²) in [6.45, 7) is -8.45. The van der Waals surface area contributed by atoms with Crippen LogP contribution in [0.15, 0.2) is 0 Å². The van der Waals surface area contributed by atoms with Crippen LogP contribution in [0.2, 0.25) is 0 Å². The van der Waals surface area contributed by atoms with Crippen molar-refractivity contribution >= 4 is 0 Å². The Kier molecular flexibility index (Phi) is 29.2. The predicted octanol–water partition coefficient (Wildman–Crippen LogP) is -20.6. The third-order valence-corrected chi connectivity index (χ3v) is 18.7. The standard InChI is InChI=1S/C54H92O46/c55-1-10-19(58)29(68)38(77)47(91-10)84-5-14-23(62)32(71)41(80)50(94-14)87-8-17-26(65)35(74)45(100-52-43(82)34(73)25(64)16(96-52)7-86-49-40(79)31(70)21(60)12(3-57)93-49)54(97-17)89-9-18-27(66)36(75)44(53(98-18)88-4-13-22(61)28(67)37(76)46(83)90-13)99-51-42(81)33(72)24(63)15(95-51)6-85-48-39(78)30(69)20(59)11(2-56)92-48/h10-83H,1-9H2/t10-,11-,12-,13-,14-,15-,16-,17-,18-,19-,20-,21-,22-,23-,24-,25-,26-,27-,28+,29+,30+,31+,32+,33+,34+,35+,36+,37+,38+,39+,40+,41+,42+,43+,44+,45+,46+,47+,48+,49+,50+,51-,52-,53+,54+/m1/s1. The minimum absolute atomic E-state index is 0.836. The van der Waals surface area contributed by atoms with Crippen molar-refractivity contribution in [3.05, 3.63) is 0 Å². The Bertz CT molecular complexity index is 2450. The summed E-state index contributed by atoms with van der Waals surface area (Å²) in [5.41, 5.74) is 0. The zero-order chi connectivity index (χ0) is 73.4. The first-order valence-electron chi connectivity index (χ1n) is 31.7. The molecular weight excluding hydrogens is 1380 g/mol. The van der Waals surface area contributed by atoms with Crippen molar-refractivity contribution in [2.75, 3.05) is 59.5 Å². The quantitative estimate of drug-likeness (QED) is 0.0404. The molecule has 9 saturated heterocycles. The van der Waals surface area contributed by atoms with E-state index in [1.165, 1.54) is 0 Å². The van der Waals surface area contributed by atoms with Gasteiger partial charge in [0.15, 0.2) is 56.6 Å². The summed E-state index contributed by atoms with van der Waals surface area (Å²) in [5, 5.41) is 310. The second kappa shape index (κ2) is 35.5. The molecule has 0 aromatic rings. The van der Waals surface area contributed by atoms with Crippen molar-refractivity contribution in [2.24, 2.45) is 0 Å². The Morgan fingerprint density at radius 1 is 0.170 bits per heavy atom. The molecule has 46 heteroatoms. The van der Waals surface area contributed by atoms with E-state index in [9.17, 15) is 148 Å². The summed E-state index contributed by atoms with van der Waals surface area (Å²) in [6, 6.07) is 0. The second-order valence-electron chi connectivity index (χ2n) is 25.4. The lowest BCUT2D eigenvalue weighted by atomic mass is 9.96. The van der Waals surface area contributed by atoms with E-state index in [1.807, 2.05) is 0 Å².